The van der Waals surface area contributed by atoms with Crippen molar-refractivity contribution in [1.29, 1.82) is 0 Å². The second kappa shape index (κ2) is 9.82. The summed E-state index contributed by atoms with van der Waals surface area (Å²) in [5, 5.41) is 11.0. The molecule has 3 rings (SSSR count). The maximum Gasteiger partial charge on any atom is 0.225 e. The van der Waals surface area contributed by atoms with Crippen molar-refractivity contribution in [2.75, 3.05) is 51.4 Å². The minimum Gasteiger partial charge on any atom is -0.491 e. The van der Waals surface area contributed by atoms with Gasteiger partial charge in [0.1, 0.15) is 12.4 Å². The van der Waals surface area contributed by atoms with Crippen molar-refractivity contribution < 1.29 is 14.6 Å². The third-order valence-electron chi connectivity index (χ3n) is 4.81. The molecule has 1 aromatic heterocycles. The molecular weight excluding hydrogens is 356 g/mol. The van der Waals surface area contributed by atoms with E-state index in [4.69, 9.17) is 9.47 Å². The lowest BCUT2D eigenvalue weighted by molar-refractivity contribution is 0.0279. The van der Waals surface area contributed by atoms with Crippen molar-refractivity contribution in [3.05, 3.63) is 48.3 Å². The maximum atomic E-state index is 11.0. The molecule has 1 N–H and O–H groups in total. The molecule has 1 aliphatic rings. The number of benzene rings is 1. The van der Waals surface area contributed by atoms with Crippen LogP contribution in [0.3, 0.4) is 0 Å². The summed E-state index contributed by atoms with van der Waals surface area (Å²) in [7, 11) is 2.03. The van der Waals surface area contributed by atoms with Crippen LogP contribution < -0.4 is 9.64 Å². The highest BCUT2D eigenvalue weighted by molar-refractivity contribution is 5.32. The van der Waals surface area contributed by atoms with Gasteiger partial charge in [-0.3, -0.25) is 4.90 Å². The molecule has 0 amide bonds. The molecule has 1 saturated heterocycles. The van der Waals surface area contributed by atoms with E-state index in [0.29, 0.717) is 45.3 Å². The number of anilines is 1. The predicted octanol–water partition coefficient (Wildman–Crippen LogP) is 1.97. The minimum atomic E-state index is -0.754. The molecule has 0 spiro atoms. The molecule has 28 heavy (non-hydrogen) atoms. The second-order valence-electron chi connectivity index (χ2n) is 7.31. The van der Waals surface area contributed by atoms with Gasteiger partial charge in [-0.25, -0.2) is 9.97 Å². The van der Waals surface area contributed by atoms with Crippen LogP contribution in [-0.2, 0) is 11.3 Å². The minimum absolute atomic E-state index is 0.550. The molecule has 1 atom stereocenters. The molecule has 1 aromatic carbocycles. The van der Waals surface area contributed by atoms with Crippen LogP contribution in [0.25, 0.3) is 0 Å². The average Bonchev–Trinajstić information content (AvgIpc) is 3.09. The molecule has 0 saturated carbocycles. The first kappa shape index (κ1) is 20.5. The number of likely N-dealkylation sites (N-methyl/N-ethyl adjacent to an activating group) is 1. The van der Waals surface area contributed by atoms with Crippen LogP contribution in [0.4, 0.5) is 5.95 Å². The van der Waals surface area contributed by atoms with Gasteiger partial charge in [0.2, 0.25) is 5.95 Å². The summed E-state index contributed by atoms with van der Waals surface area (Å²) in [4.78, 5) is 12.8. The van der Waals surface area contributed by atoms with Gasteiger partial charge >= 0.3 is 0 Å². The number of aromatic nitrogens is 2. The maximum absolute atomic E-state index is 11.0. The normalized spacial score (nSPS) is 19.4. The van der Waals surface area contributed by atoms with E-state index in [1.807, 2.05) is 31.0 Å². The summed E-state index contributed by atoms with van der Waals surface area (Å²) < 4.78 is 10.9. The quantitative estimate of drug-likeness (QED) is 0.626. The number of aliphatic hydroxyl groups is 1. The first-order chi connectivity index (χ1) is 13.6. The SMILES string of the molecule is CCOCCOc1ccc(CN(C)CC2(O)CCN(c3ncccn3)C2)cc1. The van der Waals surface area contributed by atoms with E-state index in [1.165, 1.54) is 5.56 Å². The van der Waals surface area contributed by atoms with Gasteiger partial charge in [0.05, 0.1) is 18.8 Å². The Kier molecular flexibility index (Phi) is 7.19. The topological polar surface area (TPSA) is 71.0 Å². The van der Waals surface area contributed by atoms with Crippen LogP contribution in [0.15, 0.2) is 42.7 Å². The Balaban J connectivity index is 1.46. The molecule has 0 radical (unpaired) electrons. The van der Waals surface area contributed by atoms with E-state index in [0.717, 1.165) is 18.8 Å². The standard InChI is InChI=1S/C21H30N4O3/c1-3-27-13-14-28-19-7-5-18(6-8-19)15-24(2)16-21(26)9-12-25(17-21)20-22-10-4-11-23-20/h4-8,10-11,26H,3,9,12-17H2,1-2H3. The van der Waals surface area contributed by atoms with Crippen molar-refractivity contribution in [2.24, 2.45) is 0 Å². The molecular formula is C21H30N4O3. The Hall–Kier alpha value is -2.22. The van der Waals surface area contributed by atoms with Crippen molar-refractivity contribution in [3.8, 4) is 5.75 Å². The molecule has 7 nitrogen and oxygen atoms in total. The zero-order chi connectivity index (χ0) is 19.8. The summed E-state index contributed by atoms with van der Waals surface area (Å²) in [5.41, 5.74) is 0.431. The highest BCUT2D eigenvalue weighted by Crippen LogP contribution is 2.25. The monoisotopic (exact) mass is 386 g/mol. The van der Waals surface area contributed by atoms with Gasteiger partial charge in [-0.2, -0.15) is 0 Å². The Bertz CT molecular complexity index is 713. The highest BCUT2D eigenvalue weighted by atomic mass is 16.5. The first-order valence-corrected chi connectivity index (χ1v) is 9.80. The molecule has 0 bridgehead atoms. The van der Waals surface area contributed by atoms with E-state index in [-0.39, 0.29) is 0 Å². The number of hydrogen-bond donors (Lipinski definition) is 1. The fourth-order valence-electron chi connectivity index (χ4n) is 3.53. The fourth-order valence-corrected chi connectivity index (χ4v) is 3.53. The molecule has 0 aliphatic carbocycles. The molecule has 1 fully saturated rings. The Morgan fingerprint density at radius 1 is 1.18 bits per heavy atom. The van der Waals surface area contributed by atoms with Crippen molar-refractivity contribution in [2.45, 2.75) is 25.5 Å². The smallest absolute Gasteiger partial charge is 0.225 e. The van der Waals surface area contributed by atoms with Crippen LogP contribution in [0.1, 0.15) is 18.9 Å². The van der Waals surface area contributed by atoms with Gasteiger partial charge in [0.15, 0.2) is 0 Å². The number of hydrogen-bond acceptors (Lipinski definition) is 7. The van der Waals surface area contributed by atoms with Crippen molar-refractivity contribution in [3.63, 3.8) is 0 Å². The fraction of sp³-hybridized carbons (Fsp3) is 0.524. The van der Waals surface area contributed by atoms with Crippen molar-refractivity contribution in [1.82, 2.24) is 14.9 Å². The van der Waals surface area contributed by atoms with Crippen LogP contribution >= 0.6 is 0 Å². The largest absolute Gasteiger partial charge is 0.491 e. The van der Waals surface area contributed by atoms with Crippen LogP contribution in [0, 0.1) is 0 Å². The molecule has 1 aliphatic heterocycles. The third-order valence-corrected chi connectivity index (χ3v) is 4.81. The van der Waals surface area contributed by atoms with E-state index in [9.17, 15) is 5.11 Å². The highest BCUT2D eigenvalue weighted by Gasteiger charge is 2.37. The number of rotatable bonds is 10. The van der Waals surface area contributed by atoms with E-state index in [1.54, 1.807) is 18.5 Å². The number of ether oxygens (including phenoxy) is 2. The Morgan fingerprint density at radius 2 is 1.93 bits per heavy atom. The van der Waals surface area contributed by atoms with Gasteiger partial charge in [-0.1, -0.05) is 12.1 Å². The van der Waals surface area contributed by atoms with Gasteiger partial charge in [-0.05, 0) is 44.2 Å². The van der Waals surface area contributed by atoms with E-state index >= 15 is 0 Å². The zero-order valence-electron chi connectivity index (χ0n) is 16.8. The lowest BCUT2D eigenvalue weighted by atomic mass is 10.0. The molecule has 2 aromatic rings. The molecule has 7 heteroatoms. The molecule has 2 heterocycles. The summed E-state index contributed by atoms with van der Waals surface area (Å²) in [6, 6.07) is 9.89. The zero-order valence-corrected chi connectivity index (χ0v) is 16.8. The number of nitrogens with zero attached hydrogens (tertiary/aromatic N) is 4. The summed E-state index contributed by atoms with van der Waals surface area (Å²) in [5.74, 6) is 1.53. The average molecular weight is 386 g/mol. The molecule has 1 unspecified atom stereocenters. The van der Waals surface area contributed by atoms with Crippen LogP contribution in [0.5, 0.6) is 5.75 Å². The summed E-state index contributed by atoms with van der Waals surface area (Å²) in [6.45, 7) is 6.52. The van der Waals surface area contributed by atoms with Crippen LogP contribution in [0.2, 0.25) is 0 Å². The van der Waals surface area contributed by atoms with E-state index < -0.39 is 5.60 Å². The second-order valence-corrected chi connectivity index (χ2v) is 7.31. The summed E-state index contributed by atoms with van der Waals surface area (Å²) in [6.07, 6.45) is 4.17. The number of β-amino-alcohol motifs (C(OH)–C–C–N with tert-alkyl or cyclic N) is 1. The first-order valence-electron chi connectivity index (χ1n) is 9.80. The summed E-state index contributed by atoms with van der Waals surface area (Å²) >= 11 is 0. The predicted molar refractivity (Wildman–Crippen MR) is 109 cm³/mol. The van der Waals surface area contributed by atoms with E-state index in [2.05, 4.69) is 27.0 Å². The van der Waals surface area contributed by atoms with Gasteiger partial charge in [0.25, 0.3) is 0 Å². The Morgan fingerprint density at radius 3 is 2.64 bits per heavy atom. The van der Waals surface area contributed by atoms with Gasteiger partial charge in [-0.15, -0.1) is 0 Å². The lowest BCUT2D eigenvalue weighted by Crippen LogP contribution is -2.43. The van der Waals surface area contributed by atoms with Crippen LogP contribution in [-0.4, -0.2) is 72.1 Å². The van der Waals surface area contributed by atoms with Gasteiger partial charge < -0.3 is 19.5 Å². The van der Waals surface area contributed by atoms with Gasteiger partial charge in [0, 0.05) is 38.6 Å². The lowest BCUT2D eigenvalue weighted by Gasteiger charge is -2.29. The molecule has 152 valence electrons. The Labute approximate surface area is 166 Å². The van der Waals surface area contributed by atoms with Crippen molar-refractivity contribution >= 4 is 5.95 Å². The third kappa shape index (κ3) is 5.89.